The molecule has 116 valence electrons. The number of nitrogens with one attached hydrogen (secondary N) is 1. The molecule has 4 nitrogen and oxygen atoms in total. The third-order valence-corrected chi connectivity index (χ3v) is 4.54. The second kappa shape index (κ2) is 7.99. The van der Waals surface area contributed by atoms with Crippen LogP contribution in [0.15, 0.2) is 0 Å². The number of hydrogen-bond acceptors (Lipinski definition) is 3. The summed E-state index contributed by atoms with van der Waals surface area (Å²) >= 11 is 0. The van der Waals surface area contributed by atoms with E-state index >= 15 is 0 Å². The first kappa shape index (κ1) is 15.8. The van der Waals surface area contributed by atoms with Gasteiger partial charge in [0.2, 0.25) is 5.91 Å². The fourth-order valence-corrected chi connectivity index (χ4v) is 3.16. The number of ether oxygens (including phenoxy) is 1. The molecule has 20 heavy (non-hydrogen) atoms. The quantitative estimate of drug-likeness (QED) is 0.840. The number of likely N-dealkylation sites (tertiary alicyclic amines) is 1. The summed E-state index contributed by atoms with van der Waals surface area (Å²) in [5.74, 6) is 0.902. The first-order chi connectivity index (χ1) is 9.66. The molecule has 2 aliphatic heterocycles. The lowest BCUT2D eigenvalue weighted by molar-refractivity contribution is -0.132. The molecule has 2 unspecified atom stereocenters. The van der Waals surface area contributed by atoms with Crippen LogP contribution in [-0.4, -0.2) is 49.2 Å². The van der Waals surface area contributed by atoms with E-state index in [0.717, 1.165) is 39.1 Å². The van der Waals surface area contributed by atoms with Gasteiger partial charge in [0.25, 0.3) is 0 Å². The molecule has 2 rings (SSSR count). The summed E-state index contributed by atoms with van der Waals surface area (Å²) in [5.41, 5.74) is 0. The monoisotopic (exact) mass is 282 g/mol. The highest BCUT2D eigenvalue weighted by atomic mass is 16.5. The van der Waals surface area contributed by atoms with Gasteiger partial charge in [-0.2, -0.15) is 0 Å². The zero-order valence-corrected chi connectivity index (χ0v) is 13.1. The van der Waals surface area contributed by atoms with E-state index in [4.69, 9.17) is 4.74 Å². The highest BCUT2D eigenvalue weighted by Crippen LogP contribution is 2.20. The molecule has 2 aliphatic rings. The third-order valence-electron chi connectivity index (χ3n) is 4.54. The molecule has 0 aliphatic carbocycles. The number of nitrogens with zero attached hydrogens (tertiary/aromatic N) is 1. The molecule has 0 spiro atoms. The number of carbonyl (C=O) groups is 1. The van der Waals surface area contributed by atoms with Crippen molar-refractivity contribution in [1.82, 2.24) is 10.2 Å². The molecule has 2 fully saturated rings. The number of carbonyl (C=O) groups excluding carboxylic acids is 1. The highest BCUT2D eigenvalue weighted by Gasteiger charge is 2.24. The minimum atomic E-state index is 0.324. The molecule has 0 radical (unpaired) electrons. The van der Waals surface area contributed by atoms with Crippen LogP contribution in [0.4, 0.5) is 0 Å². The molecule has 0 aromatic heterocycles. The van der Waals surface area contributed by atoms with Crippen molar-refractivity contribution in [2.24, 2.45) is 5.92 Å². The zero-order valence-electron chi connectivity index (χ0n) is 13.1. The van der Waals surface area contributed by atoms with E-state index in [0.29, 0.717) is 30.4 Å². The lowest BCUT2D eigenvalue weighted by atomic mass is 9.95. The molecule has 0 bridgehead atoms. The van der Waals surface area contributed by atoms with Crippen LogP contribution in [0, 0.1) is 5.92 Å². The Balaban J connectivity index is 1.63. The van der Waals surface area contributed by atoms with Crippen LogP contribution in [0.25, 0.3) is 0 Å². The molecule has 1 amide bonds. The van der Waals surface area contributed by atoms with Crippen LogP contribution >= 0.6 is 0 Å². The van der Waals surface area contributed by atoms with Crippen LogP contribution in [-0.2, 0) is 9.53 Å². The number of hydrogen-bond donors (Lipinski definition) is 1. The van der Waals surface area contributed by atoms with Gasteiger partial charge in [0.1, 0.15) is 0 Å². The number of amides is 1. The second-order valence-electron chi connectivity index (χ2n) is 6.52. The van der Waals surface area contributed by atoms with E-state index in [9.17, 15) is 4.79 Å². The third kappa shape index (κ3) is 4.74. The summed E-state index contributed by atoms with van der Waals surface area (Å²) < 4.78 is 5.78. The number of rotatable bonds is 5. The topological polar surface area (TPSA) is 41.6 Å². The molecule has 2 saturated heterocycles. The smallest absolute Gasteiger partial charge is 0.223 e. The molecular formula is C16H30N2O2. The van der Waals surface area contributed by atoms with Crippen LogP contribution in [0.1, 0.15) is 52.4 Å². The highest BCUT2D eigenvalue weighted by molar-refractivity contribution is 5.76. The van der Waals surface area contributed by atoms with Crippen molar-refractivity contribution in [2.75, 3.05) is 26.2 Å². The van der Waals surface area contributed by atoms with Gasteiger partial charge in [-0.3, -0.25) is 4.79 Å². The average molecular weight is 282 g/mol. The van der Waals surface area contributed by atoms with Crippen molar-refractivity contribution in [3.8, 4) is 0 Å². The fraction of sp³-hybridized carbons (Fsp3) is 0.938. The second-order valence-corrected chi connectivity index (χ2v) is 6.52. The maximum absolute atomic E-state index is 12.1. The molecular weight excluding hydrogens is 252 g/mol. The van der Waals surface area contributed by atoms with Gasteiger partial charge in [0.15, 0.2) is 0 Å². The first-order valence-electron chi connectivity index (χ1n) is 8.29. The van der Waals surface area contributed by atoms with E-state index < -0.39 is 0 Å². The fourth-order valence-electron chi connectivity index (χ4n) is 3.16. The Morgan fingerprint density at radius 2 is 2.05 bits per heavy atom. The van der Waals surface area contributed by atoms with Crippen molar-refractivity contribution in [2.45, 2.75) is 64.5 Å². The molecule has 0 saturated carbocycles. The van der Waals surface area contributed by atoms with Crippen LogP contribution in [0.3, 0.4) is 0 Å². The normalized spacial score (nSPS) is 27.9. The SMILES string of the molecule is CC(C)C1CC(NCCC(=O)N2CCCCC2)CCO1. The van der Waals surface area contributed by atoms with Crippen LogP contribution in [0.2, 0.25) is 0 Å². The minimum absolute atomic E-state index is 0.324. The van der Waals surface area contributed by atoms with Crippen molar-refractivity contribution in [3.63, 3.8) is 0 Å². The van der Waals surface area contributed by atoms with Crippen molar-refractivity contribution >= 4 is 5.91 Å². The molecule has 2 atom stereocenters. The van der Waals surface area contributed by atoms with Gasteiger partial charge in [-0.25, -0.2) is 0 Å². The summed E-state index contributed by atoms with van der Waals surface area (Å²) in [5, 5.41) is 3.55. The molecule has 0 aromatic carbocycles. The Hall–Kier alpha value is -0.610. The van der Waals surface area contributed by atoms with E-state index in [1.165, 1.54) is 19.3 Å². The lowest BCUT2D eigenvalue weighted by Gasteiger charge is -2.32. The Bertz CT molecular complexity index is 301. The van der Waals surface area contributed by atoms with Gasteiger partial charge in [0.05, 0.1) is 6.10 Å². The molecule has 0 aromatic rings. The summed E-state index contributed by atoms with van der Waals surface area (Å²) in [7, 11) is 0. The Kier molecular flexibility index (Phi) is 6.30. The summed E-state index contributed by atoms with van der Waals surface area (Å²) in [6, 6.07) is 0.519. The van der Waals surface area contributed by atoms with Gasteiger partial charge in [0, 0.05) is 38.7 Å². The van der Waals surface area contributed by atoms with E-state index in [-0.39, 0.29) is 0 Å². The standard InChI is InChI=1S/C16H30N2O2/c1-13(2)15-12-14(7-11-20-15)17-8-6-16(19)18-9-4-3-5-10-18/h13-15,17H,3-12H2,1-2H3. The zero-order chi connectivity index (χ0) is 14.4. The summed E-state index contributed by atoms with van der Waals surface area (Å²) in [4.78, 5) is 14.1. The average Bonchev–Trinajstić information content (AvgIpc) is 2.48. The van der Waals surface area contributed by atoms with Crippen molar-refractivity contribution in [3.05, 3.63) is 0 Å². The predicted octanol–water partition coefficient (Wildman–Crippen LogP) is 2.18. The molecule has 2 heterocycles. The van der Waals surface area contributed by atoms with E-state index in [1.54, 1.807) is 0 Å². The number of piperidine rings is 1. The predicted molar refractivity (Wildman–Crippen MR) is 80.7 cm³/mol. The summed E-state index contributed by atoms with van der Waals surface area (Å²) in [6.45, 7) is 8.02. The van der Waals surface area contributed by atoms with E-state index in [2.05, 4.69) is 19.2 Å². The van der Waals surface area contributed by atoms with Crippen LogP contribution in [0.5, 0.6) is 0 Å². The van der Waals surface area contributed by atoms with Crippen LogP contribution < -0.4 is 5.32 Å². The lowest BCUT2D eigenvalue weighted by Crippen LogP contribution is -2.43. The van der Waals surface area contributed by atoms with Gasteiger partial charge in [-0.05, 0) is 38.0 Å². The van der Waals surface area contributed by atoms with Crippen molar-refractivity contribution in [1.29, 1.82) is 0 Å². The van der Waals surface area contributed by atoms with Crippen molar-refractivity contribution < 1.29 is 9.53 Å². The van der Waals surface area contributed by atoms with E-state index in [1.807, 2.05) is 4.90 Å². The first-order valence-corrected chi connectivity index (χ1v) is 8.29. The molecule has 4 heteroatoms. The Morgan fingerprint density at radius 1 is 1.30 bits per heavy atom. The Morgan fingerprint density at radius 3 is 2.75 bits per heavy atom. The van der Waals surface area contributed by atoms with Gasteiger partial charge in [-0.1, -0.05) is 13.8 Å². The minimum Gasteiger partial charge on any atom is -0.378 e. The largest absolute Gasteiger partial charge is 0.378 e. The maximum atomic E-state index is 12.1. The summed E-state index contributed by atoms with van der Waals surface area (Å²) in [6.07, 6.45) is 6.80. The van der Waals surface area contributed by atoms with Gasteiger partial charge in [-0.15, -0.1) is 0 Å². The molecule has 1 N–H and O–H groups in total. The van der Waals surface area contributed by atoms with Gasteiger partial charge >= 0.3 is 0 Å². The Labute approximate surface area is 123 Å². The maximum Gasteiger partial charge on any atom is 0.223 e. The van der Waals surface area contributed by atoms with Gasteiger partial charge < -0.3 is 15.0 Å².